The number of aryl methyl sites for hydroxylation is 1. The molecule has 2 N–H and O–H groups in total. The number of nitrogens with two attached hydrogens (primary N) is 1. The molecule has 0 saturated carbocycles. The van der Waals surface area contributed by atoms with E-state index in [-0.39, 0.29) is 24.0 Å². The Morgan fingerprint density at radius 1 is 1.33 bits per heavy atom. The molecule has 0 bridgehead atoms. The van der Waals surface area contributed by atoms with Crippen molar-refractivity contribution in [3.8, 4) is 0 Å². The van der Waals surface area contributed by atoms with E-state index in [4.69, 9.17) is 10.5 Å². The molecule has 0 unspecified atom stereocenters. The molecule has 0 aromatic heterocycles. The number of hydrogen-bond donors (Lipinski definition) is 1. The third-order valence-corrected chi connectivity index (χ3v) is 3.01. The summed E-state index contributed by atoms with van der Waals surface area (Å²) in [7, 11) is 0. The second-order valence-electron chi connectivity index (χ2n) is 4.20. The van der Waals surface area contributed by atoms with Gasteiger partial charge in [-0.05, 0) is 18.1 Å². The monoisotopic (exact) mass is 361 g/mol. The number of nitrogens with zero attached hydrogens (tertiary/aromatic N) is 2. The number of aliphatic imine (C=N–C) groups is 1. The molecule has 1 aromatic carbocycles. The van der Waals surface area contributed by atoms with Gasteiger partial charge in [0, 0.05) is 13.1 Å². The largest absolute Gasteiger partial charge is 0.378 e. The molecule has 1 aliphatic rings. The SMILES string of the molecule is Cc1ccccc1CN=C(N)N1CCOCC1.I. The Kier molecular flexibility index (Phi) is 6.42. The van der Waals surface area contributed by atoms with E-state index in [9.17, 15) is 0 Å². The maximum Gasteiger partial charge on any atom is 0.191 e. The lowest BCUT2D eigenvalue weighted by molar-refractivity contribution is 0.0674. The Labute approximate surface area is 125 Å². The van der Waals surface area contributed by atoms with Crippen molar-refractivity contribution in [2.45, 2.75) is 13.5 Å². The van der Waals surface area contributed by atoms with Crippen LogP contribution < -0.4 is 5.73 Å². The van der Waals surface area contributed by atoms with Crippen molar-refractivity contribution >= 4 is 29.9 Å². The third-order valence-electron chi connectivity index (χ3n) is 3.01. The Balaban J connectivity index is 0.00000162. The fourth-order valence-electron chi connectivity index (χ4n) is 1.85. The van der Waals surface area contributed by atoms with Gasteiger partial charge in [-0.2, -0.15) is 0 Å². The van der Waals surface area contributed by atoms with Gasteiger partial charge in [0.15, 0.2) is 5.96 Å². The van der Waals surface area contributed by atoms with E-state index in [1.54, 1.807) is 0 Å². The predicted octanol–water partition coefficient (Wildman–Crippen LogP) is 1.76. The molecule has 0 spiro atoms. The van der Waals surface area contributed by atoms with Crippen LogP contribution >= 0.6 is 24.0 Å². The first-order valence-electron chi connectivity index (χ1n) is 5.94. The van der Waals surface area contributed by atoms with Crippen molar-refractivity contribution in [2.24, 2.45) is 10.7 Å². The number of guanidine groups is 1. The van der Waals surface area contributed by atoms with Gasteiger partial charge < -0.3 is 15.4 Å². The summed E-state index contributed by atoms with van der Waals surface area (Å²) in [4.78, 5) is 6.51. The second kappa shape index (κ2) is 7.58. The van der Waals surface area contributed by atoms with Crippen LogP contribution in [0.4, 0.5) is 0 Å². The number of morpholine rings is 1. The molecular weight excluding hydrogens is 341 g/mol. The minimum Gasteiger partial charge on any atom is -0.378 e. The number of halogens is 1. The van der Waals surface area contributed by atoms with E-state index in [2.05, 4.69) is 28.9 Å². The van der Waals surface area contributed by atoms with E-state index < -0.39 is 0 Å². The molecule has 4 nitrogen and oxygen atoms in total. The Morgan fingerprint density at radius 2 is 2.00 bits per heavy atom. The van der Waals surface area contributed by atoms with E-state index in [0.717, 1.165) is 26.3 Å². The first-order chi connectivity index (χ1) is 8.27. The molecular formula is C13H20IN3O. The Morgan fingerprint density at radius 3 is 2.67 bits per heavy atom. The molecule has 18 heavy (non-hydrogen) atoms. The molecule has 1 aromatic rings. The van der Waals surface area contributed by atoms with Crippen LogP contribution in [-0.4, -0.2) is 37.2 Å². The van der Waals surface area contributed by atoms with Gasteiger partial charge in [0.25, 0.3) is 0 Å². The normalized spacial score (nSPS) is 16.3. The molecule has 5 heteroatoms. The highest BCUT2D eigenvalue weighted by molar-refractivity contribution is 14.0. The molecule has 100 valence electrons. The van der Waals surface area contributed by atoms with Crippen molar-refractivity contribution in [3.63, 3.8) is 0 Å². The third kappa shape index (κ3) is 4.13. The molecule has 1 saturated heterocycles. The van der Waals surface area contributed by atoms with Gasteiger partial charge in [-0.1, -0.05) is 24.3 Å². The highest BCUT2D eigenvalue weighted by atomic mass is 127. The van der Waals surface area contributed by atoms with Crippen LogP contribution in [0.25, 0.3) is 0 Å². The zero-order valence-electron chi connectivity index (χ0n) is 10.6. The summed E-state index contributed by atoms with van der Waals surface area (Å²) >= 11 is 0. The molecule has 0 aliphatic carbocycles. The Bertz CT molecular complexity index is 403. The molecule has 2 rings (SSSR count). The maximum absolute atomic E-state index is 5.97. The van der Waals surface area contributed by atoms with Crippen LogP contribution in [0.1, 0.15) is 11.1 Å². The summed E-state index contributed by atoms with van der Waals surface area (Å²) in [5.41, 5.74) is 8.45. The van der Waals surface area contributed by atoms with E-state index in [1.807, 2.05) is 12.1 Å². The standard InChI is InChI=1S/C13H19N3O.HI/c1-11-4-2-3-5-12(11)10-15-13(14)16-6-8-17-9-7-16;/h2-5H,6-10H2,1H3,(H2,14,15);1H. The summed E-state index contributed by atoms with van der Waals surface area (Å²) in [6, 6.07) is 8.25. The fourth-order valence-corrected chi connectivity index (χ4v) is 1.85. The molecule has 1 heterocycles. The van der Waals surface area contributed by atoms with E-state index in [0.29, 0.717) is 12.5 Å². The van der Waals surface area contributed by atoms with Gasteiger partial charge in [-0.15, -0.1) is 24.0 Å². The first kappa shape index (κ1) is 15.2. The van der Waals surface area contributed by atoms with Gasteiger partial charge in [0.2, 0.25) is 0 Å². The average Bonchev–Trinajstić information content (AvgIpc) is 2.38. The lowest BCUT2D eigenvalue weighted by Crippen LogP contribution is -2.44. The van der Waals surface area contributed by atoms with Crippen LogP contribution in [-0.2, 0) is 11.3 Å². The quantitative estimate of drug-likeness (QED) is 0.496. The Hall–Kier alpha value is -0.820. The van der Waals surface area contributed by atoms with Gasteiger partial charge >= 0.3 is 0 Å². The van der Waals surface area contributed by atoms with Crippen LogP contribution in [0.3, 0.4) is 0 Å². The van der Waals surface area contributed by atoms with Crippen LogP contribution in [0.5, 0.6) is 0 Å². The first-order valence-corrected chi connectivity index (χ1v) is 5.94. The fraction of sp³-hybridized carbons (Fsp3) is 0.462. The van der Waals surface area contributed by atoms with Gasteiger partial charge in [-0.3, -0.25) is 0 Å². The highest BCUT2D eigenvalue weighted by Crippen LogP contribution is 2.08. The highest BCUT2D eigenvalue weighted by Gasteiger charge is 2.11. The minimum absolute atomic E-state index is 0. The zero-order chi connectivity index (χ0) is 12.1. The number of ether oxygens (including phenoxy) is 1. The smallest absolute Gasteiger partial charge is 0.191 e. The summed E-state index contributed by atoms with van der Waals surface area (Å²) in [5, 5.41) is 0. The molecule has 0 atom stereocenters. The summed E-state index contributed by atoms with van der Waals surface area (Å²) < 4.78 is 5.28. The van der Waals surface area contributed by atoms with Crippen molar-refractivity contribution in [2.75, 3.05) is 26.3 Å². The zero-order valence-corrected chi connectivity index (χ0v) is 13.0. The summed E-state index contributed by atoms with van der Waals surface area (Å²) in [5.74, 6) is 0.622. The van der Waals surface area contributed by atoms with Crippen molar-refractivity contribution < 1.29 is 4.74 Å². The second-order valence-corrected chi connectivity index (χ2v) is 4.20. The molecule has 1 fully saturated rings. The minimum atomic E-state index is 0. The average molecular weight is 361 g/mol. The number of hydrogen-bond acceptors (Lipinski definition) is 2. The van der Waals surface area contributed by atoms with Crippen LogP contribution in [0.15, 0.2) is 29.3 Å². The lowest BCUT2D eigenvalue weighted by atomic mass is 10.1. The summed E-state index contributed by atoms with van der Waals surface area (Å²) in [6.45, 7) is 5.89. The molecule has 0 amide bonds. The van der Waals surface area contributed by atoms with Gasteiger partial charge in [0.05, 0.1) is 19.8 Å². The molecule has 1 aliphatic heterocycles. The van der Waals surface area contributed by atoms with Crippen molar-refractivity contribution in [1.82, 2.24) is 4.90 Å². The topological polar surface area (TPSA) is 50.8 Å². The van der Waals surface area contributed by atoms with Gasteiger partial charge in [-0.25, -0.2) is 4.99 Å². The van der Waals surface area contributed by atoms with E-state index >= 15 is 0 Å². The molecule has 0 radical (unpaired) electrons. The van der Waals surface area contributed by atoms with Crippen LogP contribution in [0, 0.1) is 6.92 Å². The van der Waals surface area contributed by atoms with E-state index in [1.165, 1.54) is 11.1 Å². The predicted molar refractivity (Wildman–Crippen MR) is 84.3 cm³/mol. The van der Waals surface area contributed by atoms with Crippen LogP contribution in [0.2, 0.25) is 0 Å². The summed E-state index contributed by atoms with van der Waals surface area (Å²) in [6.07, 6.45) is 0. The number of rotatable bonds is 2. The lowest BCUT2D eigenvalue weighted by Gasteiger charge is -2.27. The number of benzene rings is 1. The van der Waals surface area contributed by atoms with Crippen molar-refractivity contribution in [1.29, 1.82) is 0 Å². The van der Waals surface area contributed by atoms with Gasteiger partial charge in [0.1, 0.15) is 0 Å². The maximum atomic E-state index is 5.97. The van der Waals surface area contributed by atoms with Crippen molar-refractivity contribution in [3.05, 3.63) is 35.4 Å².